The van der Waals surface area contributed by atoms with Gasteiger partial charge in [-0.2, -0.15) is 0 Å². The van der Waals surface area contributed by atoms with Gasteiger partial charge in [0, 0.05) is 11.6 Å². The van der Waals surface area contributed by atoms with Gasteiger partial charge in [-0.25, -0.2) is 0 Å². The maximum atomic E-state index is 5.78. The Morgan fingerprint density at radius 1 is 1.20 bits per heavy atom. The van der Waals surface area contributed by atoms with Gasteiger partial charge in [0.1, 0.15) is 6.10 Å². The summed E-state index contributed by atoms with van der Waals surface area (Å²) in [6.07, 6.45) is 0.219. The first kappa shape index (κ1) is 12.7. The predicted molar refractivity (Wildman–Crippen MR) is 65.0 cm³/mol. The summed E-state index contributed by atoms with van der Waals surface area (Å²) in [5, 5.41) is 0. The van der Waals surface area contributed by atoms with Gasteiger partial charge in [-0.1, -0.05) is 28.1 Å². The van der Waals surface area contributed by atoms with E-state index in [1.165, 1.54) is 0 Å². The molecule has 3 heteroatoms. The molecule has 15 heavy (non-hydrogen) atoms. The normalized spacial score (nSPS) is 13.1. The Morgan fingerprint density at radius 3 is 2.27 bits per heavy atom. The lowest BCUT2D eigenvalue weighted by molar-refractivity contribution is -0.0356. The number of halogens is 1. The van der Waals surface area contributed by atoms with Crippen LogP contribution in [0.2, 0.25) is 0 Å². The zero-order chi connectivity index (χ0) is 11.3. The van der Waals surface area contributed by atoms with Crippen molar-refractivity contribution in [3.63, 3.8) is 0 Å². The van der Waals surface area contributed by atoms with Crippen molar-refractivity contribution in [3.05, 3.63) is 34.3 Å². The molecule has 0 amide bonds. The molecule has 2 nitrogen and oxygen atoms in total. The number of hydrogen-bond acceptors (Lipinski definition) is 2. The molecule has 0 fully saturated rings. The van der Waals surface area contributed by atoms with Gasteiger partial charge in [-0.3, -0.25) is 0 Å². The Labute approximate surface area is 99.7 Å². The Bertz CT molecular complexity index is 282. The lowest BCUT2D eigenvalue weighted by Gasteiger charge is -2.20. The first-order valence-electron chi connectivity index (χ1n) is 5.03. The molecule has 0 radical (unpaired) electrons. The molecule has 1 atom stereocenters. The fourth-order valence-corrected chi connectivity index (χ4v) is 1.64. The number of rotatable bonds is 5. The molecule has 0 spiro atoms. The van der Waals surface area contributed by atoms with Crippen LogP contribution in [-0.4, -0.2) is 19.8 Å². The van der Waals surface area contributed by atoms with Crippen molar-refractivity contribution in [1.29, 1.82) is 0 Å². The summed E-state index contributed by atoms with van der Waals surface area (Å²) < 4.78 is 12.0. The summed E-state index contributed by atoms with van der Waals surface area (Å²) in [6.45, 7) is 4.64. The zero-order valence-electron chi connectivity index (χ0n) is 9.37. The van der Waals surface area contributed by atoms with Crippen LogP contribution in [0.15, 0.2) is 28.7 Å². The van der Waals surface area contributed by atoms with Crippen LogP contribution in [0.3, 0.4) is 0 Å². The fraction of sp³-hybridized carbons (Fsp3) is 0.500. The minimum atomic E-state index is 0.0168. The smallest absolute Gasteiger partial charge is 0.106 e. The van der Waals surface area contributed by atoms with Crippen LogP contribution >= 0.6 is 15.9 Å². The second kappa shape index (κ2) is 6.26. The summed E-state index contributed by atoms with van der Waals surface area (Å²) >= 11 is 3.41. The molecular weight excluding hydrogens is 256 g/mol. The minimum Gasteiger partial charge on any atom is -0.382 e. The first-order valence-corrected chi connectivity index (χ1v) is 5.82. The lowest BCUT2D eigenvalue weighted by atomic mass is 10.1. The van der Waals surface area contributed by atoms with Crippen molar-refractivity contribution >= 4 is 15.9 Å². The van der Waals surface area contributed by atoms with E-state index in [1.54, 1.807) is 7.11 Å². The molecule has 1 aromatic rings. The van der Waals surface area contributed by atoms with Crippen LogP contribution in [0.25, 0.3) is 0 Å². The molecule has 1 aromatic carbocycles. The Hall–Kier alpha value is -0.380. The van der Waals surface area contributed by atoms with E-state index in [4.69, 9.17) is 9.47 Å². The van der Waals surface area contributed by atoms with Crippen LogP contribution in [0, 0.1) is 0 Å². The van der Waals surface area contributed by atoms with Gasteiger partial charge in [-0.15, -0.1) is 0 Å². The molecule has 84 valence electrons. The first-order chi connectivity index (χ1) is 7.13. The zero-order valence-corrected chi connectivity index (χ0v) is 11.0. The molecule has 0 aliphatic carbocycles. The average Bonchev–Trinajstić information content (AvgIpc) is 2.17. The largest absolute Gasteiger partial charge is 0.382 e. The van der Waals surface area contributed by atoms with Gasteiger partial charge in [-0.05, 0) is 31.5 Å². The van der Waals surface area contributed by atoms with E-state index >= 15 is 0 Å². The molecule has 0 heterocycles. The summed E-state index contributed by atoms with van der Waals surface area (Å²) in [5.41, 5.74) is 1.15. The summed E-state index contributed by atoms with van der Waals surface area (Å²) in [6, 6.07) is 8.13. The summed E-state index contributed by atoms with van der Waals surface area (Å²) in [4.78, 5) is 0. The predicted octanol–water partition coefficient (Wildman–Crippen LogP) is 3.56. The van der Waals surface area contributed by atoms with Crippen molar-refractivity contribution in [1.82, 2.24) is 0 Å². The maximum absolute atomic E-state index is 5.78. The molecular formula is C12H17BrO2. The third-order valence-corrected chi connectivity index (χ3v) is 2.52. The Kier molecular flexibility index (Phi) is 5.29. The molecule has 0 saturated heterocycles. The molecule has 0 aliphatic rings. The third kappa shape index (κ3) is 4.33. The van der Waals surface area contributed by atoms with Crippen molar-refractivity contribution in [3.8, 4) is 0 Å². The third-order valence-electron chi connectivity index (χ3n) is 2.00. The van der Waals surface area contributed by atoms with Gasteiger partial charge in [0.15, 0.2) is 0 Å². The highest BCUT2D eigenvalue weighted by molar-refractivity contribution is 9.10. The van der Waals surface area contributed by atoms with E-state index in [9.17, 15) is 0 Å². The van der Waals surface area contributed by atoms with Crippen LogP contribution in [0.1, 0.15) is 25.5 Å². The van der Waals surface area contributed by atoms with Gasteiger partial charge in [0.2, 0.25) is 0 Å². The topological polar surface area (TPSA) is 18.5 Å². The number of ether oxygens (including phenoxy) is 2. The molecule has 1 rings (SSSR count). The molecule has 0 aromatic heterocycles. The molecule has 1 unspecified atom stereocenters. The van der Waals surface area contributed by atoms with E-state index in [-0.39, 0.29) is 12.2 Å². The van der Waals surface area contributed by atoms with Crippen molar-refractivity contribution in [2.24, 2.45) is 0 Å². The summed E-state index contributed by atoms with van der Waals surface area (Å²) in [7, 11) is 1.69. The van der Waals surface area contributed by atoms with E-state index in [1.807, 2.05) is 26.0 Å². The van der Waals surface area contributed by atoms with Gasteiger partial charge >= 0.3 is 0 Å². The van der Waals surface area contributed by atoms with Gasteiger partial charge < -0.3 is 9.47 Å². The molecule has 0 aliphatic heterocycles. The van der Waals surface area contributed by atoms with Crippen molar-refractivity contribution in [2.45, 2.75) is 26.1 Å². The second-order valence-electron chi connectivity index (χ2n) is 3.68. The van der Waals surface area contributed by atoms with E-state index in [2.05, 4.69) is 28.1 Å². The standard InChI is InChI=1S/C12H17BrO2/c1-9(2)15-12(8-14-3)10-4-6-11(13)7-5-10/h4-7,9,12H,8H2,1-3H3. The fourth-order valence-electron chi connectivity index (χ4n) is 1.37. The summed E-state index contributed by atoms with van der Waals surface area (Å²) in [5.74, 6) is 0. The quantitative estimate of drug-likeness (QED) is 0.816. The maximum Gasteiger partial charge on any atom is 0.106 e. The Morgan fingerprint density at radius 2 is 1.80 bits per heavy atom. The lowest BCUT2D eigenvalue weighted by Crippen LogP contribution is -2.15. The van der Waals surface area contributed by atoms with E-state index in [0.717, 1.165) is 10.0 Å². The van der Waals surface area contributed by atoms with Crippen LogP contribution in [-0.2, 0) is 9.47 Å². The average molecular weight is 273 g/mol. The second-order valence-corrected chi connectivity index (χ2v) is 4.60. The van der Waals surface area contributed by atoms with Gasteiger partial charge in [0.25, 0.3) is 0 Å². The molecule has 0 saturated carbocycles. The number of benzene rings is 1. The van der Waals surface area contributed by atoms with Crippen LogP contribution in [0.5, 0.6) is 0 Å². The minimum absolute atomic E-state index is 0.0168. The molecule has 0 bridgehead atoms. The van der Waals surface area contributed by atoms with Crippen LogP contribution in [0.4, 0.5) is 0 Å². The SMILES string of the molecule is COCC(OC(C)C)c1ccc(Br)cc1. The Balaban J connectivity index is 2.74. The van der Waals surface area contributed by atoms with Crippen molar-refractivity contribution in [2.75, 3.05) is 13.7 Å². The highest BCUT2D eigenvalue weighted by Gasteiger charge is 2.13. The van der Waals surface area contributed by atoms with Crippen molar-refractivity contribution < 1.29 is 9.47 Å². The number of hydrogen-bond donors (Lipinski definition) is 0. The molecule has 0 N–H and O–H groups in total. The van der Waals surface area contributed by atoms with E-state index < -0.39 is 0 Å². The monoisotopic (exact) mass is 272 g/mol. The van der Waals surface area contributed by atoms with E-state index in [0.29, 0.717) is 6.61 Å². The highest BCUT2D eigenvalue weighted by atomic mass is 79.9. The van der Waals surface area contributed by atoms with Crippen LogP contribution < -0.4 is 0 Å². The highest BCUT2D eigenvalue weighted by Crippen LogP contribution is 2.21. The van der Waals surface area contributed by atoms with Gasteiger partial charge in [0.05, 0.1) is 12.7 Å². The number of methoxy groups -OCH3 is 1.